The number of thioether (sulfide) groups is 1. The maximum atomic E-state index is 13.9. The molecule has 0 aromatic heterocycles. The molecule has 0 bridgehead atoms. The van der Waals surface area contributed by atoms with E-state index in [1.807, 2.05) is 30.3 Å². The zero-order chi connectivity index (χ0) is 18.6. The minimum Gasteiger partial charge on any atom is -0.361 e. The van der Waals surface area contributed by atoms with E-state index in [2.05, 4.69) is 0 Å². The predicted octanol–water partition coefficient (Wildman–Crippen LogP) is 5.56. The molecule has 0 aliphatic carbocycles. The number of alkyl halides is 3. The molecule has 1 saturated heterocycles. The molecule has 1 aliphatic rings. The predicted molar refractivity (Wildman–Crippen MR) is 98.5 cm³/mol. The van der Waals surface area contributed by atoms with Gasteiger partial charge in [-0.25, -0.2) is 0 Å². The average molecular weight is 379 g/mol. The second kappa shape index (κ2) is 8.16. The summed E-state index contributed by atoms with van der Waals surface area (Å²) in [5.74, 6) is 0.463. The summed E-state index contributed by atoms with van der Waals surface area (Å²) in [4.78, 5) is 13.2. The van der Waals surface area contributed by atoms with E-state index in [1.54, 1.807) is 11.0 Å². The summed E-state index contributed by atoms with van der Waals surface area (Å²) in [6.07, 6.45) is -1.45. The zero-order valence-electron chi connectivity index (χ0n) is 14.2. The molecule has 1 fully saturated rings. The molecule has 26 heavy (non-hydrogen) atoms. The summed E-state index contributed by atoms with van der Waals surface area (Å²) < 4.78 is 41.7. The normalized spacial score (nSPS) is 18.0. The lowest BCUT2D eigenvalue weighted by atomic mass is 10.0. The van der Waals surface area contributed by atoms with E-state index >= 15 is 0 Å². The minimum absolute atomic E-state index is 0.118. The maximum absolute atomic E-state index is 13.9. The molecule has 6 heteroatoms. The average Bonchev–Trinajstić information content (AvgIpc) is 2.66. The number of rotatable bonds is 5. The summed E-state index contributed by atoms with van der Waals surface area (Å²) >= 11 is 1.18. The third-order valence-corrected chi connectivity index (χ3v) is 5.67. The fourth-order valence-corrected chi connectivity index (χ4v) is 4.35. The van der Waals surface area contributed by atoms with Crippen molar-refractivity contribution in [1.82, 2.24) is 0 Å². The first-order valence-corrected chi connectivity index (χ1v) is 9.58. The van der Waals surface area contributed by atoms with E-state index in [4.69, 9.17) is 0 Å². The molecule has 2 aromatic rings. The lowest BCUT2D eigenvalue weighted by Gasteiger charge is -2.36. The zero-order valence-corrected chi connectivity index (χ0v) is 15.0. The Kier molecular flexibility index (Phi) is 5.91. The van der Waals surface area contributed by atoms with Crippen molar-refractivity contribution in [3.8, 4) is 0 Å². The number of carbonyl (C=O) groups excluding carboxylic acids is 1. The van der Waals surface area contributed by atoms with Crippen molar-refractivity contribution in [2.24, 2.45) is 0 Å². The molecular weight excluding hydrogens is 359 g/mol. The standard InChI is InChI=1S/C20H20F3NOS/c21-20(22,23)19-17(24-12-5-4-9-16(24)13-25)10-6-11-18(19)26-14-15-7-2-1-3-8-15/h1-3,6-8,10-11,13,16H,4-5,9,12,14H2. The number of carbonyl (C=O) groups is 1. The van der Waals surface area contributed by atoms with Crippen LogP contribution in [0.3, 0.4) is 0 Å². The van der Waals surface area contributed by atoms with Crippen molar-refractivity contribution < 1.29 is 18.0 Å². The lowest BCUT2D eigenvalue weighted by Crippen LogP contribution is -2.41. The molecule has 1 heterocycles. The van der Waals surface area contributed by atoms with Crippen molar-refractivity contribution in [2.75, 3.05) is 11.4 Å². The van der Waals surface area contributed by atoms with Gasteiger partial charge in [-0.3, -0.25) is 0 Å². The smallest absolute Gasteiger partial charge is 0.361 e. The Morgan fingerprint density at radius 3 is 2.54 bits per heavy atom. The van der Waals surface area contributed by atoms with Crippen molar-refractivity contribution >= 4 is 23.7 Å². The number of hydrogen-bond donors (Lipinski definition) is 0. The first-order valence-electron chi connectivity index (χ1n) is 8.59. The van der Waals surface area contributed by atoms with Gasteiger partial charge < -0.3 is 9.69 Å². The summed E-state index contributed by atoms with van der Waals surface area (Å²) in [6.45, 7) is 0.472. The third kappa shape index (κ3) is 4.23. The Hall–Kier alpha value is -1.95. The van der Waals surface area contributed by atoms with Crippen LogP contribution in [0.4, 0.5) is 18.9 Å². The van der Waals surface area contributed by atoms with Crippen molar-refractivity contribution in [3.63, 3.8) is 0 Å². The molecule has 1 atom stereocenters. The molecule has 0 saturated carbocycles. The number of piperidine rings is 1. The Labute approximate surface area is 155 Å². The van der Waals surface area contributed by atoms with Crippen LogP contribution < -0.4 is 4.90 Å². The van der Waals surface area contributed by atoms with Gasteiger partial charge in [-0.1, -0.05) is 36.4 Å². The van der Waals surface area contributed by atoms with Gasteiger partial charge in [0.15, 0.2) is 0 Å². The maximum Gasteiger partial charge on any atom is 0.419 e. The lowest BCUT2D eigenvalue weighted by molar-refractivity contribution is -0.139. The number of nitrogens with zero attached hydrogens (tertiary/aromatic N) is 1. The van der Waals surface area contributed by atoms with Crippen LogP contribution in [0.2, 0.25) is 0 Å². The summed E-state index contributed by atoms with van der Waals surface area (Å²) in [6, 6.07) is 13.6. The van der Waals surface area contributed by atoms with Crippen LogP contribution in [0.5, 0.6) is 0 Å². The van der Waals surface area contributed by atoms with Gasteiger partial charge in [-0.15, -0.1) is 11.8 Å². The van der Waals surface area contributed by atoms with Crippen LogP contribution in [-0.4, -0.2) is 18.9 Å². The highest BCUT2D eigenvalue weighted by atomic mass is 32.2. The van der Waals surface area contributed by atoms with E-state index in [-0.39, 0.29) is 10.6 Å². The highest BCUT2D eigenvalue weighted by Crippen LogP contribution is 2.44. The van der Waals surface area contributed by atoms with E-state index in [0.717, 1.165) is 24.7 Å². The molecule has 0 amide bonds. The Morgan fingerprint density at radius 2 is 1.85 bits per heavy atom. The first-order chi connectivity index (χ1) is 12.5. The third-order valence-electron chi connectivity index (χ3n) is 4.54. The van der Waals surface area contributed by atoms with E-state index < -0.39 is 17.8 Å². The van der Waals surface area contributed by atoms with Gasteiger partial charge in [0.05, 0.1) is 17.3 Å². The molecule has 3 rings (SSSR count). The van der Waals surface area contributed by atoms with Crippen LogP contribution in [0.25, 0.3) is 0 Å². The van der Waals surface area contributed by atoms with Gasteiger partial charge in [0, 0.05) is 17.2 Å². The van der Waals surface area contributed by atoms with Crippen LogP contribution in [0.1, 0.15) is 30.4 Å². The fraction of sp³-hybridized carbons (Fsp3) is 0.350. The number of hydrogen-bond acceptors (Lipinski definition) is 3. The Morgan fingerprint density at radius 1 is 1.08 bits per heavy atom. The van der Waals surface area contributed by atoms with Crippen LogP contribution in [0.15, 0.2) is 53.4 Å². The van der Waals surface area contributed by atoms with Gasteiger partial charge in [0.25, 0.3) is 0 Å². The molecule has 1 aliphatic heterocycles. The SMILES string of the molecule is O=CC1CCCCN1c1cccc(SCc2ccccc2)c1C(F)(F)F. The fourth-order valence-electron chi connectivity index (χ4n) is 3.30. The highest BCUT2D eigenvalue weighted by molar-refractivity contribution is 7.98. The van der Waals surface area contributed by atoms with Gasteiger partial charge in [0.1, 0.15) is 6.29 Å². The number of halogens is 3. The molecular formula is C20H20F3NOS. The second-order valence-electron chi connectivity index (χ2n) is 6.31. The van der Waals surface area contributed by atoms with Gasteiger partial charge in [-0.2, -0.15) is 13.2 Å². The monoisotopic (exact) mass is 379 g/mol. The largest absolute Gasteiger partial charge is 0.419 e. The van der Waals surface area contributed by atoms with Crippen LogP contribution in [-0.2, 0) is 16.7 Å². The summed E-state index contributed by atoms with van der Waals surface area (Å²) in [7, 11) is 0. The van der Waals surface area contributed by atoms with Crippen molar-refractivity contribution in [3.05, 3.63) is 59.7 Å². The number of aldehydes is 1. The summed E-state index contributed by atoms with van der Waals surface area (Å²) in [5.41, 5.74) is 0.460. The van der Waals surface area contributed by atoms with Gasteiger partial charge in [-0.05, 0) is 37.0 Å². The molecule has 2 nitrogen and oxygen atoms in total. The topological polar surface area (TPSA) is 20.3 Å². The molecule has 1 unspecified atom stereocenters. The minimum atomic E-state index is -4.47. The van der Waals surface area contributed by atoms with Crippen molar-refractivity contribution in [1.29, 1.82) is 0 Å². The van der Waals surface area contributed by atoms with Crippen molar-refractivity contribution in [2.45, 2.75) is 42.1 Å². The number of anilines is 1. The molecule has 138 valence electrons. The molecule has 0 spiro atoms. The van der Waals surface area contributed by atoms with E-state index in [0.29, 0.717) is 18.7 Å². The molecule has 0 N–H and O–H groups in total. The Bertz CT molecular complexity index is 748. The quantitative estimate of drug-likeness (QED) is 0.501. The number of benzene rings is 2. The van der Waals surface area contributed by atoms with E-state index in [9.17, 15) is 18.0 Å². The highest BCUT2D eigenvalue weighted by Gasteiger charge is 2.39. The van der Waals surface area contributed by atoms with E-state index in [1.165, 1.54) is 23.9 Å². The first kappa shape index (κ1) is 18.8. The van der Waals surface area contributed by atoms with Crippen LogP contribution in [0, 0.1) is 0 Å². The van der Waals surface area contributed by atoms with Gasteiger partial charge >= 0.3 is 6.18 Å². The van der Waals surface area contributed by atoms with Gasteiger partial charge in [0.2, 0.25) is 0 Å². The molecule has 2 aromatic carbocycles. The van der Waals surface area contributed by atoms with Crippen LogP contribution >= 0.6 is 11.8 Å². The Balaban J connectivity index is 1.96. The second-order valence-corrected chi connectivity index (χ2v) is 7.33. The summed E-state index contributed by atoms with van der Waals surface area (Å²) in [5, 5.41) is 0. The molecule has 0 radical (unpaired) electrons.